The Hall–Kier alpha value is -1.50. The Bertz CT molecular complexity index is 497. The van der Waals surface area contributed by atoms with Gasteiger partial charge in [0.15, 0.2) is 11.5 Å². The molecule has 1 fully saturated rings. The van der Waals surface area contributed by atoms with Crippen molar-refractivity contribution in [1.29, 1.82) is 0 Å². The number of nitrogens with one attached hydrogen (secondary N) is 2. The number of hydrogen-bond acceptors (Lipinski definition) is 5. The van der Waals surface area contributed by atoms with Gasteiger partial charge in [-0.15, -0.1) is 12.4 Å². The molecular formula is C13H17ClN2O4. The van der Waals surface area contributed by atoms with Crippen LogP contribution in [0.1, 0.15) is 6.42 Å². The van der Waals surface area contributed by atoms with E-state index in [0.717, 1.165) is 0 Å². The molecule has 3 rings (SSSR count). The molecule has 1 saturated heterocycles. The first-order valence-electron chi connectivity index (χ1n) is 6.34. The Morgan fingerprint density at radius 1 is 1.30 bits per heavy atom. The summed E-state index contributed by atoms with van der Waals surface area (Å²) >= 11 is 0. The molecule has 6 nitrogen and oxygen atoms in total. The van der Waals surface area contributed by atoms with Crippen molar-refractivity contribution in [2.75, 3.05) is 25.1 Å². The largest absolute Gasteiger partial charge is 0.486 e. The van der Waals surface area contributed by atoms with Crippen molar-refractivity contribution in [3.63, 3.8) is 0 Å². The fourth-order valence-electron chi connectivity index (χ4n) is 2.27. The Morgan fingerprint density at radius 2 is 2.05 bits per heavy atom. The van der Waals surface area contributed by atoms with Crippen LogP contribution in [-0.2, 0) is 4.79 Å². The first kappa shape index (κ1) is 14.9. The molecule has 2 atom stereocenters. The molecule has 0 saturated carbocycles. The molecule has 0 spiro atoms. The van der Waals surface area contributed by atoms with Crippen LogP contribution >= 0.6 is 12.4 Å². The summed E-state index contributed by atoms with van der Waals surface area (Å²) in [4.78, 5) is 12.0. The zero-order chi connectivity index (χ0) is 13.2. The summed E-state index contributed by atoms with van der Waals surface area (Å²) in [6, 6.07) is 4.96. The summed E-state index contributed by atoms with van der Waals surface area (Å²) in [6.45, 7) is 1.52. The molecule has 1 aromatic rings. The van der Waals surface area contributed by atoms with Crippen molar-refractivity contribution < 1.29 is 19.4 Å². The van der Waals surface area contributed by atoms with Gasteiger partial charge in [0, 0.05) is 18.3 Å². The van der Waals surface area contributed by atoms with Gasteiger partial charge >= 0.3 is 0 Å². The van der Waals surface area contributed by atoms with Gasteiger partial charge in [0.1, 0.15) is 13.2 Å². The van der Waals surface area contributed by atoms with Gasteiger partial charge in [0.2, 0.25) is 5.91 Å². The van der Waals surface area contributed by atoms with Crippen LogP contribution < -0.4 is 20.1 Å². The van der Waals surface area contributed by atoms with Gasteiger partial charge in [-0.25, -0.2) is 0 Å². The fraction of sp³-hybridized carbons (Fsp3) is 0.462. The summed E-state index contributed by atoms with van der Waals surface area (Å²) in [6.07, 6.45) is -0.00727. The molecule has 2 aliphatic rings. The maximum Gasteiger partial charge on any atom is 0.241 e. The third-order valence-electron chi connectivity index (χ3n) is 3.23. The molecular weight excluding hydrogens is 284 g/mol. The average Bonchev–Trinajstić information content (AvgIpc) is 2.85. The van der Waals surface area contributed by atoms with Crippen LogP contribution in [-0.4, -0.2) is 42.9 Å². The summed E-state index contributed by atoms with van der Waals surface area (Å²) in [5, 5.41) is 15.2. The zero-order valence-corrected chi connectivity index (χ0v) is 11.6. The minimum Gasteiger partial charge on any atom is -0.486 e. The summed E-state index contributed by atoms with van der Waals surface area (Å²) in [5.41, 5.74) is 0.664. The highest BCUT2D eigenvalue weighted by Crippen LogP contribution is 2.32. The van der Waals surface area contributed by atoms with Gasteiger partial charge in [-0.3, -0.25) is 4.79 Å². The van der Waals surface area contributed by atoms with Crippen molar-refractivity contribution in [1.82, 2.24) is 5.32 Å². The number of rotatable bonds is 2. The van der Waals surface area contributed by atoms with Crippen molar-refractivity contribution in [3.05, 3.63) is 18.2 Å². The Morgan fingerprint density at radius 3 is 2.75 bits per heavy atom. The van der Waals surface area contributed by atoms with E-state index in [-0.39, 0.29) is 24.4 Å². The van der Waals surface area contributed by atoms with E-state index in [1.165, 1.54) is 0 Å². The molecule has 1 aromatic carbocycles. The highest BCUT2D eigenvalue weighted by Gasteiger charge is 2.28. The maximum absolute atomic E-state index is 12.0. The summed E-state index contributed by atoms with van der Waals surface area (Å²) < 4.78 is 10.9. The average molecular weight is 301 g/mol. The molecule has 2 heterocycles. The second kappa shape index (κ2) is 6.30. The molecule has 3 N–H and O–H groups in total. The first-order chi connectivity index (χ1) is 9.22. The predicted octanol–water partition coefficient (Wildman–Crippen LogP) is 0.541. The lowest BCUT2D eigenvalue weighted by atomic mass is 10.2. The quantitative estimate of drug-likeness (QED) is 0.743. The number of fused-ring (bicyclic) bond motifs is 1. The Balaban J connectivity index is 0.00000147. The lowest BCUT2D eigenvalue weighted by molar-refractivity contribution is -0.117. The van der Waals surface area contributed by atoms with E-state index in [2.05, 4.69) is 10.6 Å². The number of carbonyl (C=O) groups excluding carboxylic acids is 1. The van der Waals surface area contributed by atoms with Crippen LogP contribution in [0.3, 0.4) is 0 Å². The lowest BCUT2D eigenvalue weighted by Gasteiger charge is -2.19. The molecule has 0 radical (unpaired) electrons. The van der Waals surface area contributed by atoms with Crippen molar-refractivity contribution in [2.45, 2.75) is 18.6 Å². The number of aliphatic hydroxyl groups excluding tert-OH is 1. The zero-order valence-electron chi connectivity index (χ0n) is 10.8. The maximum atomic E-state index is 12.0. The van der Waals surface area contributed by atoms with Crippen LogP contribution in [0.5, 0.6) is 11.5 Å². The van der Waals surface area contributed by atoms with Crippen molar-refractivity contribution >= 4 is 24.0 Å². The molecule has 0 aliphatic carbocycles. The predicted molar refractivity (Wildman–Crippen MR) is 75.7 cm³/mol. The highest BCUT2D eigenvalue weighted by atomic mass is 35.5. The van der Waals surface area contributed by atoms with E-state index in [4.69, 9.17) is 9.47 Å². The van der Waals surface area contributed by atoms with Crippen LogP contribution in [0.2, 0.25) is 0 Å². The van der Waals surface area contributed by atoms with Crippen LogP contribution in [0.15, 0.2) is 18.2 Å². The number of amides is 1. The van der Waals surface area contributed by atoms with E-state index in [0.29, 0.717) is 43.4 Å². The van der Waals surface area contributed by atoms with Crippen LogP contribution in [0, 0.1) is 0 Å². The summed E-state index contributed by atoms with van der Waals surface area (Å²) in [5.74, 6) is 1.19. The SMILES string of the molecule is Cl.O=C(Nc1ccc2c(c1)OCCO2)C1CC(O)CN1. The number of benzene rings is 1. The van der Waals surface area contributed by atoms with Gasteiger partial charge in [-0.2, -0.15) is 0 Å². The van der Waals surface area contributed by atoms with E-state index < -0.39 is 6.10 Å². The number of hydrogen-bond donors (Lipinski definition) is 3. The van der Waals surface area contributed by atoms with Gasteiger partial charge in [0.25, 0.3) is 0 Å². The molecule has 2 aliphatic heterocycles. The molecule has 0 bridgehead atoms. The van der Waals surface area contributed by atoms with Crippen molar-refractivity contribution in [2.24, 2.45) is 0 Å². The van der Waals surface area contributed by atoms with Crippen LogP contribution in [0.25, 0.3) is 0 Å². The first-order valence-corrected chi connectivity index (χ1v) is 6.34. The second-order valence-electron chi connectivity index (χ2n) is 4.70. The third-order valence-corrected chi connectivity index (χ3v) is 3.23. The number of carbonyl (C=O) groups is 1. The normalized spacial score (nSPS) is 23.9. The lowest BCUT2D eigenvalue weighted by Crippen LogP contribution is -2.35. The number of halogens is 1. The Labute approximate surface area is 122 Å². The number of β-amino-alcohol motifs (C(OH)–C–C–N with tert-alkyl or cyclic N) is 1. The monoisotopic (exact) mass is 300 g/mol. The minimum atomic E-state index is -0.448. The van der Waals surface area contributed by atoms with Gasteiger partial charge < -0.3 is 25.2 Å². The third kappa shape index (κ3) is 3.15. The molecule has 1 amide bonds. The number of ether oxygens (including phenoxy) is 2. The minimum absolute atomic E-state index is 0. The van der Waals surface area contributed by atoms with Gasteiger partial charge in [-0.05, 0) is 18.6 Å². The smallest absolute Gasteiger partial charge is 0.241 e. The topological polar surface area (TPSA) is 79.8 Å². The van der Waals surface area contributed by atoms with E-state index in [1.807, 2.05) is 0 Å². The summed E-state index contributed by atoms with van der Waals surface area (Å²) in [7, 11) is 0. The van der Waals surface area contributed by atoms with E-state index in [9.17, 15) is 9.90 Å². The molecule has 110 valence electrons. The molecule has 20 heavy (non-hydrogen) atoms. The number of aliphatic hydroxyl groups is 1. The standard InChI is InChI=1S/C13H16N2O4.ClH/c16-9-6-10(14-7-9)13(17)15-8-1-2-11-12(5-8)19-4-3-18-11;/h1-2,5,9-10,14,16H,3-4,6-7H2,(H,15,17);1H. The highest BCUT2D eigenvalue weighted by molar-refractivity contribution is 5.95. The fourth-order valence-corrected chi connectivity index (χ4v) is 2.27. The van der Waals surface area contributed by atoms with Crippen LogP contribution in [0.4, 0.5) is 5.69 Å². The number of anilines is 1. The molecule has 7 heteroatoms. The second-order valence-corrected chi connectivity index (χ2v) is 4.70. The molecule has 2 unspecified atom stereocenters. The molecule has 0 aromatic heterocycles. The van der Waals surface area contributed by atoms with E-state index in [1.54, 1.807) is 18.2 Å². The van der Waals surface area contributed by atoms with E-state index >= 15 is 0 Å². The van der Waals surface area contributed by atoms with Crippen molar-refractivity contribution in [3.8, 4) is 11.5 Å². The Kier molecular flexibility index (Phi) is 4.69. The van der Waals surface area contributed by atoms with Gasteiger partial charge in [0.05, 0.1) is 12.1 Å². The van der Waals surface area contributed by atoms with Gasteiger partial charge in [-0.1, -0.05) is 0 Å².